The van der Waals surface area contributed by atoms with Gasteiger partial charge in [0, 0.05) is 50.2 Å². The first-order chi connectivity index (χ1) is 16.2. The predicted octanol–water partition coefficient (Wildman–Crippen LogP) is 6.72. The number of likely N-dealkylation sites (tertiary alicyclic amines) is 1. The predicted molar refractivity (Wildman–Crippen MR) is 152 cm³/mol. The van der Waals surface area contributed by atoms with Gasteiger partial charge >= 0.3 is 0 Å². The Morgan fingerprint density at radius 3 is 2.34 bits per heavy atom. The Hall–Kier alpha value is -2.40. The summed E-state index contributed by atoms with van der Waals surface area (Å²) in [7, 11) is 4.19. The summed E-state index contributed by atoms with van der Waals surface area (Å²) in [6.45, 7) is 3.92. The molecular formula is C29H37Cl2N3O. The lowest BCUT2D eigenvalue weighted by molar-refractivity contribution is 0.154. The monoisotopic (exact) mass is 513 g/mol. The first kappa shape index (κ1) is 27.2. The van der Waals surface area contributed by atoms with E-state index >= 15 is 0 Å². The molecule has 5 rings (SSSR count). The zero-order valence-corrected chi connectivity index (χ0v) is 22.4. The molecule has 0 aliphatic carbocycles. The second-order valence-corrected chi connectivity index (χ2v) is 9.49. The van der Waals surface area contributed by atoms with Crippen molar-refractivity contribution < 1.29 is 4.74 Å². The normalized spacial score (nSPS) is 17.1. The molecule has 6 heteroatoms. The van der Waals surface area contributed by atoms with Crippen molar-refractivity contribution in [2.45, 2.75) is 38.3 Å². The van der Waals surface area contributed by atoms with E-state index < -0.39 is 0 Å². The van der Waals surface area contributed by atoms with Crippen LogP contribution < -0.4 is 14.5 Å². The van der Waals surface area contributed by atoms with Crippen LogP contribution in [0.5, 0.6) is 5.75 Å². The fourth-order valence-corrected chi connectivity index (χ4v) is 5.19. The number of nitrogens with zero attached hydrogens (tertiary/aromatic N) is 3. The molecule has 1 fully saturated rings. The molecular weight excluding hydrogens is 477 g/mol. The summed E-state index contributed by atoms with van der Waals surface area (Å²) in [4.78, 5) is 7.39. The van der Waals surface area contributed by atoms with E-state index in [1.54, 1.807) is 0 Å². The van der Waals surface area contributed by atoms with Gasteiger partial charge in [-0.05, 0) is 61.7 Å². The van der Waals surface area contributed by atoms with Crippen molar-refractivity contribution in [1.82, 2.24) is 4.90 Å². The quantitative estimate of drug-likeness (QED) is 0.363. The highest BCUT2D eigenvalue weighted by Crippen LogP contribution is 2.40. The number of halogens is 2. The lowest BCUT2D eigenvalue weighted by Crippen LogP contribution is -2.46. The summed E-state index contributed by atoms with van der Waals surface area (Å²) >= 11 is 0. The molecule has 0 spiro atoms. The fourth-order valence-electron chi connectivity index (χ4n) is 5.19. The lowest BCUT2D eigenvalue weighted by Gasteiger charge is -2.39. The van der Waals surface area contributed by atoms with Crippen molar-refractivity contribution in [3.63, 3.8) is 0 Å². The molecule has 188 valence electrons. The Morgan fingerprint density at radius 1 is 0.857 bits per heavy atom. The molecule has 0 amide bonds. The maximum atomic E-state index is 6.19. The average Bonchev–Trinajstić information content (AvgIpc) is 3.01. The Kier molecular flexibility index (Phi) is 9.73. The second kappa shape index (κ2) is 12.5. The summed E-state index contributed by atoms with van der Waals surface area (Å²) in [6.07, 6.45) is 4.96. The summed E-state index contributed by atoms with van der Waals surface area (Å²) in [5.74, 6) is 0.983. The first-order valence-electron chi connectivity index (χ1n) is 12.3. The number of hydrogen-bond donors (Lipinski definition) is 0. The van der Waals surface area contributed by atoms with Crippen LogP contribution in [0.3, 0.4) is 0 Å². The Bertz CT molecular complexity index is 1030. The molecule has 1 saturated heterocycles. The summed E-state index contributed by atoms with van der Waals surface area (Å²) < 4.78 is 6.19. The van der Waals surface area contributed by atoms with E-state index in [1.165, 1.54) is 54.0 Å². The zero-order chi connectivity index (χ0) is 22.6. The number of fused-ring (bicyclic) bond motifs is 2. The molecule has 2 aliphatic heterocycles. The number of anilines is 3. The number of para-hydroxylation sites is 3. The van der Waals surface area contributed by atoms with E-state index in [0.29, 0.717) is 12.6 Å². The minimum atomic E-state index is 0. The molecule has 2 heterocycles. The van der Waals surface area contributed by atoms with Gasteiger partial charge in [0.15, 0.2) is 0 Å². The SMILES string of the molecule is CN(C)c1ccc(CCN2CCCCC2CN2c3ccccc3COc3ccccc32)cc1.Cl.Cl. The summed E-state index contributed by atoms with van der Waals surface area (Å²) in [6, 6.07) is 26.8. The topological polar surface area (TPSA) is 19.0 Å². The minimum Gasteiger partial charge on any atom is -0.487 e. The average molecular weight is 515 g/mol. The fraction of sp³-hybridized carbons (Fsp3) is 0.379. The van der Waals surface area contributed by atoms with Gasteiger partial charge in [-0.25, -0.2) is 0 Å². The van der Waals surface area contributed by atoms with Crippen molar-refractivity contribution in [1.29, 1.82) is 0 Å². The number of ether oxygens (including phenoxy) is 1. The minimum absolute atomic E-state index is 0. The maximum Gasteiger partial charge on any atom is 0.143 e. The largest absolute Gasteiger partial charge is 0.487 e. The van der Waals surface area contributed by atoms with Crippen molar-refractivity contribution in [2.24, 2.45) is 0 Å². The number of rotatable bonds is 6. The Labute approximate surface area is 222 Å². The van der Waals surface area contributed by atoms with E-state index in [2.05, 4.69) is 102 Å². The van der Waals surface area contributed by atoms with Crippen LogP contribution in [-0.4, -0.2) is 44.7 Å². The summed E-state index contributed by atoms with van der Waals surface area (Å²) in [5, 5.41) is 0. The zero-order valence-electron chi connectivity index (χ0n) is 20.7. The van der Waals surface area contributed by atoms with Gasteiger partial charge in [0.1, 0.15) is 12.4 Å². The molecule has 1 unspecified atom stereocenters. The van der Waals surface area contributed by atoms with Gasteiger partial charge in [-0.1, -0.05) is 48.9 Å². The van der Waals surface area contributed by atoms with E-state index in [0.717, 1.165) is 25.3 Å². The number of piperidine rings is 1. The second-order valence-electron chi connectivity index (χ2n) is 9.49. The van der Waals surface area contributed by atoms with Gasteiger partial charge in [0.2, 0.25) is 0 Å². The molecule has 3 aromatic carbocycles. The molecule has 35 heavy (non-hydrogen) atoms. The standard InChI is InChI=1S/C29H35N3O.2ClH/c1-30(2)25-16-14-23(15-17-25)18-20-31-19-8-7-10-26(31)21-32-27-11-4-3-9-24(27)22-33-29-13-6-5-12-28(29)32;;/h3-6,9,11-17,26H,7-8,10,18-22H2,1-2H3;2*1H. The van der Waals surface area contributed by atoms with Crippen molar-refractivity contribution in [2.75, 3.05) is 43.5 Å². The van der Waals surface area contributed by atoms with Crippen molar-refractivity contribution in [3.05, 3.63) is 83.9 Å². The molecule has 1 atom stereocenters. The third kappa shape index (κ3) is 6.24. The van der Waals surface area contributed by atoms with Gasteiger partial charge in [0.25, 0.3) is 0 Å². The molecule has 0 radical (unpaired) electrons. The van der Waals surface area contributed by atoms with E-state index in [1.807, 2.05) is 0 Å². The van der Waals surface area contributed by atoms with Gasteiger partial charge < -0.3 is 14.5 Å². The maximum absolute atomic E-state index is 6.19. The third-order valence-corrected chi connectivity index (χ3v) is 7.10. The molecule has 2 aliphatic rings. The van der Waals surface area contributed by atoms with Crippen LogP contribution in [0.25, 0.3) is 0 Å². The number of benzene rings is 3. The molecule has 3 aromatic rings. The number of hydrogen-bond acceptors (Lipinski definition) is 4. The first-order valence-corrected chi connectivity index (χ1v) is 12.3. The van der Waals surface area contributed by atoms with E-state index in [-0.39, 0.29) is 24.8 Å². The molecule has 0 aromatic heterocycles. The highest BCUT2D eigenvalue weighted by Gasteiger charge is 2.28. The van der Waals surface area contributed by atoms with E-state index in [9.17, 15) is 0 Å². The van der Waals surface area contributed by atoms with Crippen LogP contribution in [-0.2, 0) is 13.0 Å². The van der Waals surface area contributed by atoms with Crippen LogP contribution in [0, 0.1) is 0 Å². The Balaban J connectivity index is 0.00000171. The Morgan fingerprint density at radius 2 is 1.57 bits per heavy atom. The molecule has 0 N–H and O–H groups in total. The van der Waals surface area contributed by atoms with Gasteiger partial charge in [-0.15, -0.1) is 24.8 Å². The van der Waals surface area contributed by atoms with Crippen LogP contribution >= 0.6 is 24.8 Å². The van der Waals surface area contributed by atoms with Crippen molar-refractivity contribution in [3.8, 4) is 5.75 Å². The van der Waals surface area contributed by atoms with Gasteiger partial charge in [-0.2, -0.15) is 0 Å². The highest BCUT2D eigenvalue weighted by atomic mass is 35.5. The van der Waals surface area contributed by atoms with Gasteiger partial charge in [0.05, 0.1) is 5.69 Å². The molecule has 4 nitrogen and oxygen atoms in total. The van der Waals surface area contributed by atoms with Crippen LogP contribution in [0.4, 0.5) is 17.1 Å². The smallest absolute Gasteiger partial charge is 0.143 e. The highest BCUT2D eigenvalue weighted by molar-refractivity contribution is 5.85. The van der Waals surface area contributed by atoms with Crippen LogP contribution in [0.2, 0.25) is 0 Å². The third-order valence-electron chi connectivity index (χ3n) is 7.10. The van der Waals surface area contributed by atoms with Crippen molar-refractivity contribution >= 4 is 41.9 Å². The molecule has 0 saturated carbocycles. The van der Waals surface area contributed by atoms with Crippen LogP contribution in [0.1, 0.15) is 30.4 Å². The van der Waals surface area contributed by atoms with E-state index in [4.69, 9.17) is 4.74 Å². The lowest BCUT2D eigenvalue weighted by atomic mass is 9.99. The summed E-state index contributed by atoms with van der Waals surface area (Å²) in [5.41, 5.74) is 6.41. The van der Waals surface area contributed by atoms with Crippen LogP contribution in [0.15, 0.2) is 72.8 Å². The molecule has 0 bridgehead atoms. The van der Waals surface area contributed by atoms with Gasteiger partial charge in [-0.3, -0.25) is 4.90 Å².